The highest BCUT2D eigenvalue weighted by molar-refractivity contribution is 6.08. The molecule has 1 amide bonds. The van der Waals surface area contributed by atoms with Gasteiger partial charge in [-0.2, -0.15) is 0 Å². The first-order valence-electron chi connectivity index (χ1n) is 11.6. The summed E-state index contributed by atoms with van der Waals surface area (Å²) in [5.74, 6) is 1.07. The normalized spacial score (nSPS) is 10.8. The van der Waals surface area contributed by atoms with Gasteiger partial charge in [0.25, 0.3) is 5.91 Å². The molecule has 0 spiro atoms. The number of fused-ring (bicyclic) bond motifs is 1. The summed E-state index contributed by atoms with van der Waals surface area (Å²) in [6.07, 6.45) is 3.27. The van der Waals surface area contributed by atoms with E-state index in [1.165, 1.54) is 6.08 Å². The van der Waals surface area contributed by atoms with Crippen molar-refractivity contribution in [2.75, 3.05) is 25.6 Å². The Labute approximate surface area is 210 Å². The zero-order chi connectivity index (χ0) is 25.3. The van der Waals surface area contributed by atoms with E-state index in [0.717, 1.165) is 16.3 Å². The number of anilines is 1. The zero-order valence-corrected chi connectivity index (χ0v) is 20.2. The molecule has 0 aliphatic rings. The number of ketones is 1. The van der Waals surface area contributed by atoms with Crippen LogP contribution in [0.5, 0.6) is 17.2 Å². The van der Waals surface area contributed by atoms with Crippen molar-refractivity contribution >= 4 is 34.2 Å². The molecule has 0 aromatic heterocycles. The van der Waals surface area contributed by atoms with Gasteiger partial charge in [-0.3, -0.25) is 9.59 Å². The Hall–Kier alpha value is -4.58. The molecule has 6 heteroatoms. The molecule has 0 atom stereocenters. The Morgan fingerprint density at radius 1 is 0.806 bits per heavy atom. The minimum Gasteiger partial charge on any atom is -0.495 e. The number of ether oxygens (including phenoxy) is 3. The number of carbonyl (C=O) groups is 2. The van der Waals surface area contributed by atoms with Crippen LogP contribution in [-0.2, 0) is 4.79 Å². The molecule has 0 saturated carbocycles. The Balaban J connectivity index is 1.42. The summed E-state index contributed by atoms with van der Waals surface area (Å²) in [7, 11) is 1.54. The summed E-state index contributed by atoms with van der Waals surface area (Å²) < 4.78 is 16.7. The number of para-hydroxylation sites is 2. The molecule has 182 valence electrons. The van der Waals surface area contributed by atoms with Crippen LogP contribution in [0.25, 0.3) is 16.8 Å². The van der Waals surface area contributed by atoms with E-state index >= 15 is 0 Å². The number of nitrogens with one attached hydrogen (secondary N) is 1. The van der Waals surface area contributed by atoms with Crippen LogP contribution >= 0.6 is 0 Å². The van der Waals surface area contributed by atoms with E-state index in [-0.39, 0.29) is 18.3 Å². The van der Waals surface area contributed by atoms with Crippen molar-refractivity contribution in [3.8, 4) is 17.2 Å². The van der Waals surface area contributed by atoms with Gasteiger partial charge >= 0.3 is 0 Å². The number of methoxy groups -OCH3 is 1. The number of carbonyl (C=O) groups excluding carboxylic acids is 2. The SMILES string of the molecule is CCOc1cc(/C=C/C(=O)c2ccc3ccccc3c2)ccc1OCC(=O)Nc1ccccc1OC. The molecule has 0 bridgehead atoms. The summed E-state index contributed by atoms with van der Waals surface area (Å²) in [6, 6.07) is 26.0. The first-order valence-corrected chi connectivity index (χ1v) is 11.6. The van der Waals surface area contributed by atoms with Gasteiger partial charge in [0.1, 0.15) is 5.75 Å². The van der Waals surface area contributed by atoms with Crippen molar-refractivity contribution in [2.24, 2.45) is 0 Å². The van der Waals surface area contributed by atoms with Gasteiger partial charge in [0.2, 0.25) is 0 Å². The average Bonchev–Trinajstić information content (AvgIpc) is 2.91. The molecule has 0 aliphatic heterocycles. The van der Waals surface area contributed by atoms with Gasteiger partial charge in [-0.15, -0.1) is 0 Å². The predicted molar refractivity (Wildman–Crippen MR) is 142 cm³/mol. The van der Waals surface area contributed by atoms with Crippen LogP contribution in [0, 0.1) is 0 Å². The minimum atomic E-state index is -0.327. The summed E-state index contributed by atoms with van der Waals surface area (Å²) in [4.78, 5) is 25.1. The number of benzene rings is 4. The smallest absolute Gasteiger partial charge is 0.262 e. The van der Waals surface area contributed by atoms with Gasteiger partial charge in [-0.1, -0.05) is 60.7 Å². The lowest BCUT2D eigenvalue weighted by Gasteiger charge is -2.13. The lowest BCUT2D eigenvalue weighted by atomic mass is 10.0. The number of allylic oxidation sites excluding steroid dienone is 1. The highest BCUT2D eigenvalue weighted by Crippen LogP contribution is 2.29. The van der Waals surface area contributed by atoms with Crippen molar-refractivity contribution in [1.82, 2.24) is 0 Å². The van der Waals surface area contributed by atoms with Crippen LogP contribution in [0.2, 0.25) is 0 Å². The van der Waals surface area contributed by atoms with Crippen molar-refractivity contribution in [2.45, 2.75) is 6.92 Å². The lowest BCUT2D eigenvalue weighted by molar-refractivity contribution is -0.118. The van der Waals surface area contributed by atoms with Crippen LogP contribution in [0.1, 0.15) is 22.8 Å². The van der Waals surface area contributed by atoms with Gasteiger partial charge in [0.15, 0.2) is 23.9 Å². The zero-order valence-electron chi connectivity index (χ0n) is 20.2. The van der Waals surface area contributed by atoms with E-state index in [1.807, 2.05) is 61.5 Å². The largest absolute Gasteiger partial charge is 0.495 e. The third kappa shape index (κ3) is 6.10. The maximum atomic E-state index is 12.7. The average molecular weight is 482 g/mol. The van der Waals surface area contributed by atoms with E-state index in [0.29, 0.717) is 35.1 Å². The van der Waals surface area contributed by atoms with Gasteiger partial charge < -0.3 is 19.5 Å². The predicted octanol–water partition coefficient (Wildman–Crippen LogP) is 6.16. The van der Waals surface area contributed by atoms with Gasteiger partial charge in [0, 0.05) is 5.56 Å². The van der Waals surface area contributed by atoms with Crippen molar-refractivity contribution in [1.29, 1.82) is 0 Å². The van der Waals surface area contributed by atoms with Crippen LogP contribution < -0.4 is 19.5 Å². The summed E-state index contributed by atoms with van der Waals surface area (Å²) in [6.45, 7) is 2.09. The lowest BCUT2D eigenvalue weighted by Crippen LogP contribution is -2.20. The first-order chi connectivity index (χ1) is 17.6. The Morgan fingerprint density at radius 3 is 2.39 bits per heavy atom. The fourth-order valence-corrected chi connectivity index (χ4v) is 3.70. The topological polar surface area (TPSA) is 73.9 Å². The quantitative estimate of drug-likeness (QED) is 0.217. The van der Waals surface area contributed by atoms with E-state index in [9.17, 15) is 9.59 Å². The van der Waals surface area contributed by atoms with Crippen molar-refractivity contribution < 1.29 is 23.8 Å². The van der Waals surface area contributed by atoms with Gasteiger partial charge in [0.05, 0.1) is 19.4 Å². The second kappa shape index (κ2) is 11.7. The highest BCUT2D eigenvalue weighted by atomic mass is 16.5. The molecule has 4 aromatic rings. The molecular formula is C30H27NO5. The van der Waals surface area contributed by atoms with Gasteiger partial charge in [-0.05, 0) is 59.7 Å². The van der Waals surface area contributed by atoms with E-state index in [2.05, 4.69) is 5.32 Å². The van der Waals surface area contributed by atoms with E-state index in [4.69, 9.17) is 14.2 Å². The van der Waals surface area contributed by atoms with Crippen LogP contribution in [0.3, 0.4) is 0 Å². The Morgan fingerprint density at radius 2 is 1.58 bits per heavy atom. The number of hydrogen-bond acceptors (Lipinski definition) is 5. The van der Waals surface area contributed by atoms with Crippen LogP contribution in [0.4, 0.5) is 5.69 Å². The molecule has 0 fully saturated rings. The molecule has 0 unspecified atom stereocenters. The monoisotopic (exact) mass is 481 g/mol. The van der Waals surface area contributed by atoms with Crippen LogP contribution in [-0.4, -0.2) is 32.0 Å². The Bertz CT molecular complexity index is 1410. The summed E-state index contributed by atoms with van der Waals surface area (Å²) in [5.41, 5.74) is 1.96. The van der Waals surface area contributed by atoms with Gasteiger partial charge in [-0.25, -0.2) is 0 Å². The molecule has 4 aromatic carbocycles. The molecule has 0 saturated heterocycles. The molecule has 1 N–H and O–H groups in total. The summed E-state index contributed by atoms with van der Waals surface area (Å²) in [5, 5.41) is 4.88. The second-order valence-corrected chi connectivity index (χ2v) is 7.94. The first kappa shape index (κ1) is 24.5. The fraction of sp³-hybridized carbons (Fsp3) is 0.133. The second-order valence-electron chi connectivity index (χ2n) is 7.94. The van der Waals surface area contributed by atoms with Crippen molar-refractivity contribution in [3.05, 3.63) is 102 Å². The third-order valence-electron chi connectivity index (χ3n) is 5.47. The van der Waals surface area contributed by atoms with E-state index in [1.54, 1.807) is 43.5 Å². The fourth-order valence-electron chi connectivity index (χ4n) is 3.70. The van der Waals surface area contributed by atoms with E-state index < -0.39 is 0 Å². The number of amides is 1. The molecule has 0 aliphatic carbocycles. The number of hydrogen-bond donors (Lipinski definition) is 1. The maximum Gasteiger partial charge on any atom is 0.262 e. The molecule has 6 nitrogen and oxygen atoms in total. The Kier molecular flexibility index (Phi) is 7.98. The molecule has 0 radical (unpaired) electrons. The standard InChI is InChI=1S/C30H27NO5/c1-3-35-29-18-21(12-16-26(32)24-15-14-22-8-4-5-9-23(22)19-24)13-17-28(29)36-20-30(33)31-25-10-6-7-11-27(25)34-2/h4-19H,3,20H2,1-2H3,(H,31,33)/b16-12+. The molecule has 36 heavy (non-hydrogen) atoms. The van der Waals surface area contributed by atoms with Crippen LogP contribution in [0.15, 0.2) is 91.0 Å². The maximum absolute atomic E-state index is 12.7. The minimum absolute atomic E-state index is 0.0907. The molecular weight excluding hydrogens is 454 g/mol. The summed E-state index contributed by atoms with van der Waals surface area (Å²) >= 11 is 0. The van der Waals surface area contributed by atoms with Crippen molar-refractivity contribution in [3.63, 3.8) is 0 Å². The number of rotatable bonds is 10. The molecule has 0 heterocycles. The third-order valence-corrected chi connectivity index (χ3v) is 5.47. The molecule has 4 rings (SSSR count). The highest BCUT2D eigenvalue weighted by Gasteiger charge is 2.11.